The standard InChI is InChI=1S/C11H19N3O4/c1-17-7-4-14(3-5-15)8-9-2-6-18-10(9)11(16)13-12/h2,6,15H,3-5,7-8,12H2,1H3,(H,13,16). The second kappa shape index (κ2) is 7.83. The summed E-state index contributed by atoms with van der Waals surface area (Å²) < 4.78 is 10.1. The Morgan fingerprint density at radius 2 is 2.39 bits per heavy atom. The molecule has 0 saturated heterocycles. The summed E-state index contributed by atoms with van der Waals surface area (Å²) in [6.45, 7) is 2.24. The molecule has 7 nitrogen and oxygen atoms in total. The molecule has 0 aliphatic heterocycles. The monoisotopic (exact) mass is 257 g/mol. The van der Waals surface area contributed by atoms with Crippen LogP contribution in [0.4, 0.5) is 0 Å². The number of carbonyl (C=O) groups excluding carboxylic acids is 1. The summed E-state index contributed by atoms with van der Waals surface area (Å²) in [5.41, 5.74) is 2.76. The summed E-state index contributed by atoms with van der Waals surface area (Å²) in [5, 5.41) is 8.98. The van der Waals surface area contributed by atoms with Crippen LogP contribution in [0.2, 0.25) is 0 Å². The van der Waals surface area contributed by atoms with Crippen molar-refractivity contribution in [1.82, 2.24) is 10.3 Å². The lowest BCUT2D eigenvalue weighted by atomic mass is 10.2. The van der Waals surface area contributed by atoms with Crippen LogP contribution < -0.4 is 11.3 Å². The van der Waals surface area contributed by atoms with Gasteiger partial charge in [-0.25, -0.2) is 5.84 Å². The highest BCUT2D eigenvalue weighted by Gasteiger charge is 2.16. The molecule has 0 spiro atoms. The van der Waals surface area contributed by atoms with Crippen LogP contribution in [0.15, 0.2) is 16.7 Å². The molecule has 0 aliphatic rings. The maximum Gasteiger partial charge on any atom is 0.301 e. The molecule has 1 heterocycles. The van der Waals surface area contributed by atoms with Gasteiger partial charge in [0, 0.05) is 32.3 Å². The molecule has 4 N–H and O–H groups in total. The highest BCUT2D eigenvalue weighted by molar-refractivity contribution is 5.92. The van der Waals surface area contributed by atoms with E-state index in [4.69, 9.17) is 20.1 Å². The Kier molecular flexibility index (Phi) is 6.37. The molecular formula is C11H19N3O4. The van der Waals surface area contributed by atoms with E-state index < -0.39 is 5.91 Å². The molecular weight excluding hydrogens is 238 g/mol. The number of amides is 1. The van der Waals surface area contributed by atoms with Crippen LogP contribution in [0.5, 0.6) is 0 Å². The molecule has 0 radical (unpaired) electrons. The van der Waals surface area contributed by atoms with Crippen molar-refractivity contribution in [2.75, 3.05) is 33.4 Å². The van der Waals surface area contributed by atoms with Crippen molar-refractivity contribution in [2.45, 2.75) is 6.54 Å². The van der Waals surface area contributed by atoms with Crippen LogP contribution in [0.1, 0.15) is 16.1 Å². The molecule has 0 fully saturated rings. The molecule has 18 heavy (non-hydrogen) atoms. The summed E-state index contributed by atoms with van der Waals surface area (Å²) in [6.07, 6.45) is 1.44. The van der Waals surface area contributed by atoms with E-state index in [9.17, 15) is 4.79 Å². The zero-order valence-corrected chi connectivity index (χ0v) is 10.4. The predicted molar refractivity (Wildman–Crippen MR) is 64.6 cm³/mol. The zero-order chi connectivity index (χ0) is 13.4. The minimum absolute atomic E-state index is 0.0417. The molecule has 1 amide bonds. The van der Waals surface area contributed by atoms with Crippen LogP contribution >= 0.6 is 0 Å². The van der Waals surface area contributed by atoms with Crippen molar-refractivity contribution in [3.63, 3.8) is 0 Å². The van der Waals surface area contributed by atoms with Gasteiger partial charge in [-0.2, -0.15) is 0 Å². The number of carbonyl (C=O) groups is 1. The lowest BCUT2D eigenvalue weighted by Gasteiger charge is -2.20. The number of furan rings is 1. The van der Waals surface area contributed by atoms with Crippen LogP contribution in [0, 0.1) is 0 Å². The van der Waals surface area contributed by atoms with Gasteiger partial charge in [-0.3, -0.25) is 15.1 Å². The van der Waals surface area contributed by atoms with Crippen LogP contribution in [0.3, 0.4) is 0 Å². The summed E-state index contributed by atoms with van der Waals surface area (Å²) in [6, 6.07) is 1.71. The Morgan fingerprint density at radius 3 is 3.00 bits per heavy atom. The van der Waals surface area contributed by atoms with Crippen LogP contribution in [-0.2, 0) is 11.3 Å². The Labute approximate surface area is 105 Å². The summed E-state index contributed by atoms with van der Waals surface area (Å²) in [4.78, 5) is 13.4. The molecule has 0 aromatic carbocycles. The molecule has 7 heteroatoms. The maximum atomic E-state index is 11.4. The number of nitrogens with two attached hydrogens (primary N) is 1. The highest BCUT2D eigenvalue weighted by Crippen LogP contribution is 2.13. The van der Waals surface area contributed by atoms with Crippen LogP contribution in [0.25, 0.3) is 0 Å². The Bertz CT molecular complexity index is 367. The van der Waals surface area contributed by atoms with Gasteiger partial charge < -0.3 is 14.3 Å². The average Bonchev–Trinajstić information content (AvgIpc) is 2.83. The van der Waals surface area contributed by atoms with Gasteiger partial charge in [0.25, 0.3) is 0 Å². The van der Waals surface area contributed by atoms with Gasteiger partial charge in [0.1, 0.15) is 0 Å². The van der Waals surface area contributed by atoms with Gasteiger partial charge in [0.2, 0.25) is 0 Å². The largest absolute Gasteiger partial charge is 0.459 e. The highest BCUT2D eigenvalue weighted by atomic mass is 16.5. The number of methoxy groups -OCH3 is 1. The van der Waals surface area contributed by atoms with Gasteiger partial charge in [-0.05, 0) is 6.07 Å². The average molecular weight is 257 g/mol. The zero-order valence-electron chi connectivity index (χ0n) is 10.4. The number of hydrazine groups is 1. The van der Waals surface area contributed by atoms with E-state index in [0.717, 1.165) is 5.56 Å². The summed E-state index contributed by atoms with van der Waals surface area (Å²) >= 11 is 0. The quantitative estimate of drug-likeness (QED) is 0.324. The molecule has 1 aromatic rings. The molecule has 0 atom stereocenters. The molecule has 102 valence electrons. The third kappa shape index (κ3) is 4.11. The molecule has 0 unspecified atom stereocenters. The molecule has 1 rings (SSSR count). The number of aliphatic hydroxyl groups excluding tert-OH is 1. The van der Waals surface area contributed by atoms with Crippen molar-refractivity contribution in [3.8, 4) is 0 Å². The number of nitrogens with one attached hydrogen (secondary N) is 1. The predicted octanol–water partition coefficient (Wildman–Crippen LogP) is -0.676. The molecule has 0 bridgehead atoms. The Balaban J connectivity index is 2.67. The minimum Gasteiger partial charge on any atom is -0.459 e. The smallest absolute Gasteiger partial charge is 0.301 e. The topological polar surface area (TPSA) is 101 Å². The number of rotatable bonds is 8. The number of hydrogen-bond donors (Lipinski definition) is 3. The van der Waals surface area contributed by atoms with E-state index in [1.807, 2.05) is 10.3 Å². The lowest BCUT2D eigenvalue weighted by molar-refractivity contribution is 0.0920. The normalized spacial score (nSPS) is 10.9. The first kappa shape index (κ1) is 14.7. The number of nitrogen functional groups attached to an aromatic ring is 1. The second-order valence-corrected chi connectivity index (χ2v) is 3.74. The molecule has 0 saturated carbocycles. The summed E-state index contributed by atoms with van der Waals surface area (Å²) in [7, 11) is 1.61. The fourth-order valence-corrected chi connectivity index (χ4v) is 1.60. The van der Waals surface area contributed by atoms with Crippen molar-refractivity contribution in [2.24, 2.45) is 5.84 Å². The van der Waals surface area contributed by atoms with Crippen molar-refractivity contribution in [1.29, 1.82) is 0 Å². The van der Waals surface area contributed by atoms with Gasteiger partial charge in [-0.1, -0.05) is 0 Å². The SMILES string of the molecule is COCCN(CCO)Cc1ccoc1C(=O)NN. The first-order chi connectivity index (χ1) is 8.72. The Morgan fingerprint density at radius 1 is 1.61 bits per heavy atom. The molecule has 0 aliphatic carbocycles. The van der Waals surface area contributed by atoms with Gasteiger partial charge >= 0.3 is 5.91 Å². The van der Waals surface area contributed by atoms with Gasteiger partial charge in [0.15, 0.2) is 5.76 Å². The Hall–Kier alpha value is -1.41. The van der Waals surface area contributed by atoms with E-state index in [2.05, 4.69) is 0 Å². The fraction of sp³-hybridized carbons (Fsp3) is 0.545. The van der Waals surface area contributed by atoms with Crippen LogP contribution in [-0.4, -0.2) is 49.3 Å². The first-order valence-corrected chi connectivity index (χ1v) is 5.62. The number of hydrogen-bond acceptors (Lipinski definition) is 6. The minimum atomic E-state index is -0.467. The third-order valence-electron chi connectivity index (χ3n) is 2.51. The van der Waals surface area contributed by atoms with Gasteiger partial charge in [-0.15, -0.1) is 0 Å². The van der Waals surface area contributed by atoms with E-state index in [0.29, 0.717) is 26.2 Å². The lowest BCUT2D eigenvalue weighted by Crippen LogP contribution is -2.33. The fourth-order valence-electron chi connectivity index (χ4n) is 1.60. The van der Waals surface area contributed by atoms with Crippen molar-refractivity contribution < 1.29 is 19.1 Å². The third-order valence-corrected chi connectivity index (χ3v) is 2.51. The van der Waals surface area contributed by atoms with Crippen molar-refractivity contribution in [3.05, 3.63) is 23.7 Å². The first-order valence-electron chi connectivity index (χ1n) is 5.62. The second-order valence-electron chi connectivity index (χ2n) is 3.74. The summed E-state index contributed by atoms with van der Waals surface area (Å²) in [5.74, 6) is 4.79. The van der Waals surface area contributed by atoms with E-state index in [-0.39, 0.29) is 12.4 Å². The number of aliphatic hydroxyl groups is 1. The molecule has 1 aromatic heterocycles. The van der Waals surface area contributed by atoms with E-state index in [1.54, 1.807) is 13.2 Å². The van der Waals surface area contributed by atoms with Crippen molar-refractivity contribution >= 4 is 5.91 Å². The van der Waals surface area contributed by atoms with Gasteiger partial charge in [0.05, 0.1) is 19.5 Å². The van der Waals surface area contributed by atoms with E-state index in [1.165, 1.54) is 6.26 Å². The number of ether oxygens (including phenoxy) is 1. The maximum absolute atomic E-state index is 11.4. The number of nitrogens with zero attached hydrogens (tertiary/aromatic N) is 1. The van der Waals surface area contributed by atoms with E-state index >= 15 is 0 Å².